The van der Waals surface area contributed by atoms with E-state index in [4.69, 9.17) is 0 Å². The van der Waals surface area contributed by atoms with Crippen molar-refractivity contribution in [3.63, 3.8) is 0 Å². The smallest absolute Gasteiger partial charge is 0.321 e. The van der Waals surface area contributed by atoms with Crippen LogP contribution in [0.2, 0.25) is 0 Å². The van der Waals surface area contributed by atoms with Crippen molar-refractivity contribution in [3.05, 3.63) is 70.5 Å². The second kappa shape index (κ2) is 8.93. The van der Waals surface area contributed by atoms with Crippen molar-refractivity contribution >= 4 is 23.7 Å². The molecule has 1 unspecified atom stereocenters. The van der Waals surface area contributed by atoms with Crippen LogP contribution in [0, 0.1) is 20.8 Å². The molecule has 1 aliphatic heterocycles. The summed E-state index contributed by atoms with van der Waals surface area (Å²) < 4.78 is 2.03. The quantitative estimate of drug-likeness (QED) is 0.577. The van der Waals surface area contributed by atoms with Crippen LogP contribution in [-0.4, -0.2) is 32.7 Å². The van der Waals surface area contributed by atoms with Gasteiger partial charge in [-0.15, -0.1) is 10.2 Å². The zero-order valence-corrected chi connectivity index (χ0v) is 18.6. The van der Waals surface area contributed by atoms with Crippen LogP contribution >= 0.6 is 11.8 Å². The predicted octanol–water partition coefficient (Wildman–Crippen LogP) is 3.63. The highest BCUT2D eigenvalue weighted by atomic mass is 32.2. The first-order valence-electron chi connectivity index (χ1n) is 10.2. The van der Waals surface area contributed by atoms with E-state index in [0.29, 0.717) is 12.2 Å². The lowest BCUT2D eigenvalue weighted by Crippen LogP contribution is -2.53. The minimum atomic E-state index is -0.465. The molecule has 8 heteroatoms. The van der Waals surface area contributed by atoms with Crippen molar-refractivity contribution in [2.45, 2.75) is 50.6 Å². The molecule has 1 atom stereocenters. The average Bonchev–Trinajstić information content (AvgIpc) is 3.10. The lowest BCUT2D eigenvalue weighted by molar-refractivity contribution is -0.121. The first kappa shape index (κ1) is 21.1. The fraction of sp³-hybridized carbons (Fsp3) is 0.304. The summed E-state index contributed by atoms with van der Waals surface area (Å²) in [6, 6.07) is 13.8. The number of urea groups is 1. The Labute approximate surface area is 185 Å². The monoisotopic (exact) mass is 435 g/mol. The average molecular weight is 436 g/mol. The minimum absolute atomic E-state index is 0.220. The summed E-state index contributed by atoms with van der Waals surface area (Å²) in [6.07, 6.45) is 0.640. The summed E-state index contributed by atoms with van der Waals surface area (Å²) in [5.74, 6) is 1.22. The van der Waals surface area contributed by atoms with Crippen LogP contribution in [0.5, 0.6) is 0 Å². The van der Waals surface area contributed by atoms with Crippen molar-refractivity contribution in [1.82, 2.24) is 25.4 Å². The Bertz CT molecular complexity index is 1120. The molecule has 0 aliphatic carbocycles. The molecule has 2 N–H and O–H groups in total. The van der Waals surface area contributed by atoms with E-state index in [1.54, 1.807) is 11.8 Å². The minimum Gasteiger partial charge on any atom is -0.334 e. The van der Waals surface area contributed by atoms with Gasteiger partial charge in [0.15, 0.2) is 5.16 Å². The number of carbonyl (C=O) groups excluding carboxylic acids is 2. The highest BCUT2D eigenvalue weighted by molar-refractivity contribution is 7.98. The number of hydrogen-bond acceptors (Lipinski definition) is 5. The lowest BCUT2D eigenvalue weighted by atomic mass is 10.1. The Morgan fingerprint density at radius 2 is 1.87 bits per heavy atom. The highest BCUT2D eigenvalue weighted by Crippen LogP contribution is 2.28. The summed E-state index contributed by atoms with van der Waals surface area (Å²) in [5.41, 5.74) is 5.84. The van der Waals surface area contributed by atoms with Crippen molar-refractivity contribution in [3.8, 4) is 5.69 Å². The van der Waals surface area contributed by atoms with E-state index >= 15 is 0 Å². The third kappa shape index (κ3) is 4.96. The Hall–Kier alpha value is -3.13. The summed E-state index contributed by atoms with van der Waals surface area (Å²) in [4.78, 5) is 23.5. The van der Waals surface area contributed by atoms with Gasteiger partial charge in [0.1, 0.15) is 5.82 Å². The molecule has 4 rings (SSSR count). The van der Waals surface area contributed by atoms with E-state index in [2.05, 4.69) is 58.9 Å². The van der Waals surface area contributed by atoms with E-state index < -0.39 is 6.03 Å². The first-order valence-corrected chi connectivity index (χ1v) is 11.2. The molecule has 3 amide bonds. The largest absolute Gasteiger partial charge is 0.334 e. The van der Waals surface area contributed by atoms with E-state index in [1.165, 1.54) is 16.7 Å². The van der Waals surface area contributed by atoms with Crippen LogP contribution in [0.25, 0.3) is 5.69 Å². The number of thioether (sulfide) groups is 1. The van der Waals surface area contributed by atoms with Crippen LogP contribution < -0.4 is 10.6 Å². The number of amides is 3. The molecule has 1 saturated heterocycles. The van der Waals surface area contributed by atoms with Crippen LogP contribution in [0.4, 0.5) is 4.79 Å². The van der Waals surface area contributed by atoms with E-state index in [0.717, 1.165) is 22.2 Å². The van der Waals surface area contributed by atoms with Gasteiger partial charge in [0, 0.05) is 30.3 Å². The molecule has 1 aromatic heterocycles. The molecule has 0 radical (unpaired) electrons. The van der Waals surface area contributed by atoms with Gasteiger partial charge in [0.25, 0.3) is 0 Å². The lowest BCUT2D eigenvalue weighted by Gasteiger charge is -2.23. The number of aromatic nitrogens is 3. The zero-order chi connectivity index (χ0) is 22.0. The number of carbonyl (C=O) groups is 2. The van der Waals surface area contributed by atoms with Gasteiger partial charge in [-0.2, -0.15) is 0 Å². The molecule has 0 bridgehead atoms. The van der Waals surface area contributed by atoms with Crippen molar-refractivity contribution in [2.24, 2.45) is 0 Å². The molecule has 0 saturated carbocycles. The van der Waals surface area contributed by atoms with Gasteiger partial charge in [-0.1, -0.05) is 47.7 Å². The van der Waals surface area contributed by atoms with Crippen LogP contribution in [0.1, 0.15) is 34.5 Å². The molecule has 1 fully saturated rings. The molecule has 0 spiro atoms. The van der Waals surface area contributed by atoms with Crippen molar-refractivity contribution in [2.75, 3.05) is 0 Å². The summed E-state index contributed by atoms with van der Waals surface area (Å²) in [7, 11) is 0. The van der Waals surface area contributed by atoms with Crippen LogP contribution in [0.3, 0.4) is 0 Å². The predicted molar refractivity (Wildman–Crippen MR) is 120 cm³/mol. The van der Waals surface area contributed by atoms with Gasteiger partial charge in [0.2, 0.25) is 5.91 Å². The SMILES string of the molecule is Cc1cccc(-n2c(CC3CC(=O)NC(=O)N3)nnc2SCc2cc(C)ccc2C)c1. The van der Waals surface area contributed by atoms with Gasteiger partial charge in [-0.05, 0) is 49.6 Å². The maximum atomic E-state index is 11.8. The fourth-order valence-electron chi connectivity index (χ4n) is 3.67. The number of imide groups is 1. The van der Waals surface area contributed by atoms with Gasteiger partial charge >= 0.3 is 6.03 Å². The third-order valence-electron chi connectivity index (χ3n) is 5.27. The molecule has 2 aromatic carbocycles. The number of hydrogen-bond donors (Lipinski definition) is 2. The summed E-state index contributed by atoms with van der Waals surface area (Å²) in [6.45, 7) is 6.25. The Morgan fingerprint density at radius 1 is 1.06 bits per heavy atom. The molecule has 160 valence electrons. The molecule has 1 aliphatic rings. The fourth-order valence-corrected chi connectivity index (χ4v) is 4.70. The number of nitrogens with zero attached hydrogens (tertiary/aromatic N) is 3. The molecular formula is C23H25N5O2S. The second-order valence-electron chi connectivity index (χ2n) is 7.92. The van der Waals surface area contributed by atoms with Gasteiger partial charge in [0.05, 0.1) is 0 Å². The standard InChI is InChI=1S/C23H25N5O2S/c1-14-5-4-6-19(10-14)28-20(11-18-12-21(29)25-22(30)24-18)26-27-23(28)31-13-17-9-15(2)7-8-16(17)3/h4-10,18H,11-13H2,1-3H3,(H2,24,25,29,30). The normalized spacial score (nSPS) is 16.2. The van der Waals surface area contributed by atoms with Crippen molar-refractivity contribution < 1.29 is 9.59 Å². The topological polar surface area (TPSA) is 88.9 Å². The third-order valence-corrected chi connectivity index (χ3v) is 6.25. The summed E-state index contributed by atoms with van der Waals surface area (Å²) >= 11 is 1.63. The second-order valence-corrected chi connectivity index (χ2v) is 8.86. The molecule has 2 heterocycles. The maximum absolute atomic E-state index is 11.8. The molecule has 7 nitrogen and oxygen atoms in total. The number of rotatable bonds is 6. The number of aryl methyl sites for hydroxylation is 3. The van der Waals surface area contributed by atoms with Crippen LogP contribution in [-0.2, 0) is 17.0 Å². The van der Waals surface area contributed by atoms with Gasteiger partial charge < -0.3 is 5.32 Å². The zero-order valence-electron chi connectivity index (χ0n) is 17.8. The number of benzene rings is 2. The Balaban J connectivity index is 1.64. The van der Waals surface area contributed by atoms with Crippen LogP contribution in [0.15, 0.2) is 47.6 Å². The maximum Gasteiger partial charge on any atom is 0.321 e. The Morgan fingerprint density at radius 3 is 2.65 bits per heavy atom. The first-order chi connectivity index (χ1) is 14.9. The molecule has 31 heavy (non-hydrogen) atoms. The summed E-state index contributed by atoms with van der Waals surface area (Å²) in [5, 5.41) is 14.7. The van der Waals surface area contributed by atoms with E-state index in [9.17, 15) is 9.59 Å². The van der Waals surface area contributed by atoms with Gasteiger partial charge in [-0.3, -0.25) is 14.7 Å². The number of nitrogens with one attached hydrogen (secondary N) is 2. The van der Waals surface area contributed by atoms with Crippen molar-refractivity contribution in [1.29, 1.82) is 0 Å². The molecular weight excluding hydrogens is 410 g/mol. The van der Waals surface area contributed by atoms with E-state index in [1.807, 2.05) is 29.7 Å². The molecule has 3 aromatic rings. The Kier molecular flexibility index (Phi) is 6.08. The van der Waals surface area contributed by atoms with Gasteiger partial charge in [-0.25, -0.2) is 4.79 Å². The van der Waals surface area contributed by atoms with E-state index in [-0.39, 0.29) is 18.4 Å². The highest BCUT2D eigenvalue weighted by Gasteiger charge is 2.26.